The molecule has 1 amide bonds. The van der Waals surface area contributed by atoms with Gasteiger partial charge in [-0.2, -0.15) is 0 Å². The highest BCUT2D eigenvalue weighted by Gasteiger charge is 2.24. The number of hydrogen-bond acceptors (Lipinski definition) is 4. The minimum Gasteiger partial charge on any atom is -0.508 e. The normalized spacial score (nSPS) is 17.1. The van der Waals surface area contributed by atoms with E-state index in [1.165, 1.54) is 0 Å². The van der Waals surface area contributed by atoms with Gasteiger partial charge in [0.15, 0.2) is 0 Å². The van der Waals surface area contributed by atoms with E-state index in [1.54, 1.807) is 12.1 Å². The van der Waals surface area contributed by atoms with Gasteiger partial charge in [0, 0.05) is 31.9 Å². The molecule has 1 fully saturated rings. The number of carbonyl (C=O) groups excluding carboxylic acids is 1. The van der Waals surface area contributed by atoms with Crippen molar-refractivity contribution in [2.75, 3.05) is 31.1 Å². The molecule has 1 aliphatic rings. The summed E-state index contributed by atoms with van der Waals surface area (Å²) in [5.41, 5.74) is 6.97. The van der Waals surface area contributed by atoms with E-state index in [9.17, 15) is 9.90 Å². The molecule has 0 unspecified atom stereocenters. The molecule has 0 radical (unpaired) electrons. The van der Waals surface area contributed by atoms with Gasteiger partial charge in [0.2, 0.25) is 5.91 Å². The van der Waals surface area contributed by atoms with Crippen LogP contribution in [0.25, 0.3) is 0 Å². The lowest BCUT2D eigenvalue weighted by molar-refractivity contribution is -0.133. The van der Waals surface area contributed by atoms with Crippen molar-refractivity contribution in [3.05, 3.63) is 24.3 Å². The monoisotopic (exact) mass is 277 g/mol. The minimum atomic E-state index is -0.361. The number of aromatic hydroxyl groups is 1. The number of phenolic OH excluding ortho intramolecular Hbond substituents is 1. The molecule has 0 aliphatic carbocycles. The highest BCUT2D eigenvalue weighted by Crippen LogP contribution is 2.20. The first-order valence-electron chi connectivity index (χ1n) is 7.20. The van der Waals surface area contributed by atoms with Crippen molar-refractivity contribution in [2.24, 2.45) is 5.73 Å². The maximum Gasteiger partial charge on any atom is 0.239 e. The smallest absolute Gasteiger partial charge is 0.239 e. The summed E-state index contributed by atoms with van der Waals surface area (Å²) in [6.45, 7) is 5.05. The molecule has 20 heavy (non-hydrogen) atoms. The molecule has 0 spiro atoms. The summed E-state index contributed by atoms with van der Waals surface area (Å²) < 4.78 is 0. The molecular formula is C15H23N3O2. The summed E-state index contributed by atoms with van der Waals surface area (Å²) in [7, 11) is 0. The van der Waals surface area contributed by atoms with Crippen molar-refractivity contribution in [1.29, 1.82) is 0 Å². The number of piperazine rings is 1. The lowest BCUT2D eigenvalue weighted by Crippen LogP contribution is -2.53. The summed E-state index contributed by atoms with van der Waals surface area (Å²) in [6, 6.07) is 6.81. The average Bonchev–Trinajstić information content (AvgIpc) is 2.48. The second-order valence-electron chi connectivity index (χ2n) is 5.22. The van der Waals surface area contributed by atoms with Crippen LogP contribution in [0.5, 0.6) is 5.75 Å². The Bertz CT molecular complexity index is 439. The Labute approximate surface area is 120 Å². The SMILES string of the molecule is CCC[C@@H](N)C(=O)N1CCN(c2ccc(O)cc2)CC1. The Hall–Kier alpha value is -1.75. The molecule has 0 bridgehead atoms. The van der Waals surface area contributed by atoms with Gasteiger partial charge < -0.3 is 20.6 Å². The van der Waals surface area contributed by atoms with Gasteiger partial charge in [0.05, 0.1) is 6.04 Å². The van der Waals surface area contributed by atoms with Crippen molar-refractivity contribution in [3.8, 4) is 5.75 Å². The molecule has 5 nitrogen and oxygen atoms in total. The lowest BCUT2D eigenvalue weighted by atomic mass is 10.1. The van der Waals surface area contributed by atoms with Crippen molar-refractivity contribution in [2.45, 2.75) is 25.8 Å². The Kier molecular flexibility index (Phi) is 4.84. The molecule has 1 aromatic rings. The first-order chi connectivity index (χ1) is 9.61. The maximum absolute atomic E-state index is 12.1. The van der Waals surface area contributed by atoms with E-state index >= 15 is 0 Å². The lowest BCUT2D eigenvalue weighted by Gasteiger charge is -2.37. The Morgan fingerprint density at radius 3 is 2.40 bits per heavy atom. The number of nitrogens with two attached hydrogens (primary N) is 1. The Morgan fingerprint density at radius 2 is 1.85 bits per heavy atom. The third-order valence-electron chi connectivity index (χ3n) is 3.72. The van der Waals surface area contributed by atoms with Crippen LogP contribution in [0.4, 0.5) is 5.69 Å². The van der Waals surface area contributed by atoms with Gasteiger partial charge in [-0.05, 0) is 30.7 Å². The zero-order valence-electron chi connectivity index (χ0n) is 12.0. The van der Waals surface area contributed by atoms with E-state index < -0.39 is 0 Å². The molecule has 0 aromatic heterocycles. The van der Waals surface area contributed by atoms with Gasteiger partial charge in [-0.15, -0.1) is 0 Å². The van der Waals surface area contributed by atoms with E-state index in [2.05, 4.69) is 4.90 Å². The van der Waals surface area contributed by atoms with Gasteiger partial charge >= 0.3 is 0 Å². The fourth-order valence-electron chi connectivity index (χ4n) is 2.52. The van der Waals surface area contributed by atoms with Gasteiger partial charge in [-0.1, -0.05) is 13.3 Å². The Morgan fingerprint density at radius 1 is 1.25 bits per heavy atom. The predicted molar refractivity (Wildman–Crippen MR) is 79.8 cm³/mol. The van der Waals surface area contributed by atoms with Crippen LogP contribution in [-0.2, 0) is 4.79 Å². The molecule has 1 aliphatic heterocycles. The summed E-state index contributed by atoms with van der Waals surface area (Å²) in [6.07, 6.45) is 1.68. The average molecular weight is 277 g/mol. The maximum atomic E-state index is 12.1. The molecule has 1 heterocycles. The second kappa shape index (κ2) is 6.61. The quantitative estimate of drug-likeness (QED) is 0.866. The van der Waals surface area contributed by atoms with Crippen molar-refractivity contribution in [3.63, 3.8) is 0 Å². The van der Waals surface area contributed by atoms with Crippen LogP contribution >= 0.6 is 0 Å². The summed E-state index contributed by atoms with van der Waals surface area (Å²) >= 11 is 0. The van der Waals surface area contributed by atoms with Gasteiger partial charge in [-0.25, -0.2) is 0 Å². The molecule has 5 heteroatoms. The van der Waals surface area contributed by atoms with Crippen LogP contribution in [0.1, 0.15) is 19.8 Å². The molecule has 1 saturated heterocycles. The second-order valence-corrected chi connectivity index (χ2v) is 5.22. The number of rotatable bonds is 4. The van der Waals surface area contributed by atoms with Crippen LogP contribution in [0, 0.1) is 0 Å². The minimum absolute atomic E-state index is 0.0669. The van der Waals surface area contributed by atoms with Crippen LogP contribution in [0.15, 0.2) is 24.3 Å². The molecule has 1 atom stereocenters. The molecule has 3 N–H and O–H groups in total. The van der Waals surface area contributed by atoms with E-state index in [4.69, 9.17) is 5.73 Å². The van der Waals surface area contributed by atoms with E-state index in [0.29, 0.717) is 13.1 Å². The van der Waals surface area contributed by atoms with E-state index in [0.717, 1.165) is 31.6 Å². The summed E-state index contributed by atoms with van der Waals surface area (Å²) in [5.74, 6) is 0.338. The van der Waals surface area contributed by atoms with E-state index in [1.807, 2.05) is 24.0 Å². The number of benzene rings is 1. The number of carbonyl (C=O) groups is 1. The number of nitrogens with zero attached hydrogens (tertiary/aromatic N) is 2. The van der Waals surface area contributed by atoms with Crippen molar-refractivity contribution >= 4 is 11.6 Å². The fraction of sp³-hybridized carbons (Fsp3) is 0.533. The van der Waals surface area contributed by atoms with Crippen molar-refractivity contribution in [1.82, 2.24) is 4.90 Å². The standard InChI is InChI=1S/C15H23N3O2/c1-2-3-14(16)15(20)18-10-8-17(9-11-18)12-4-6-13(19)7-5-12/h4-7,14,19H,2-3,8-11,16H2,1H3/t14-/m1/s1. The zero-order valence-corrected chi connectivity index (χ0v) is 12.0. The third kappa shape index (κ3) is 3.42. The molecular weight excluding hydrogens is 254 g/mol. The third-order valence-corrected chi connectivity index (χ3v) is 3.72. The van der Waals surface area contributed by atoms with Crippen LogP contribution < -0.4 is 10.6 Å². The van der Waals surface area contributed by atoms with Crippen LogP contribution in [-0.4, -0.2) is 48.1 Å². The van der Waals surface area contributed by atoms with Crippen molar-refractivity contribution < 1.29 is 9.90 Å². The number of amides is 1. The largest absolute Gasteiger partial charge is 0.508 e. The first-order valence-corrected chi connectivity index (χ1v) is 7.20. The summed E-state index contributed by atoms with van der Waals surface area (Å²) in [4.78, 5) is 16.2. The topological polar surface area (TPSA) is 69.8 Å². The zero-order chi connectivity index (χ0) is 14.5. The fourth-order valence-corrected chi connectivity index (χ4v) is 2.52. The summed E-state index contributed by atoms with van der Waals surface area (Å²) in [5, 5.41) is 9.30. The first kappa shape index (κ1) is 14.7. The predicted octanol–water partition coefficient (Wildman–Crippen LogP) is 1.17. The Balaban J connectivity index is 1.89. The molecule has 110 valence electrons. The molecule has 0 saturated carbocycles. The van der Waals surface area contributed by atoms with Gasteiger partial charge in [0.1, 0.15) is 5.75 Å². The number of hydrogen-bond donors (Lipinski definition) is 2. The number of anilines is 1. The van der Waals surface area contributed by atoms with Gasteiger partial charge in [0.25, 0.3) is 0 Å². The van der Waals surface area contributed by atoms with Gasteiger partial charge in [-0.3, -0.25) is 4.79 Å². The number of phenols is 1. The van der Waals surface area contributed by atoms with Crippen LogP contribution in [0.3, 0.4) is 0 Å². The van der Waals surface area contributed by atoms with Crippen LogP contribution in [0.2, 0.25) is 0 Å². The molecule has 2 rings (SSSR count). The van der Waals surface area contributed by atoms with E-state index in [-0.39, 0.29) is 17.7 Å². The highest BCUT2D eigenvalue weighted by atomic mass is 16.3. The molecule has 1 aromatic carbocycles. The highest BCUT2D eigenvalue weighted by molar-refractivity contribution is 5.81.